The van der Waals surface area contributed by atoms with Crippen molar-refractivity contribution in [2.45, 2.75) is 31.5 Å². The molecular weight excluding hydrogens is 336 g/mol. The summed E-state index contributed by atoms with van der Waals surface area (Å²) in [5, 5.41) is 1.44. The molecule has 1 atom stereocenters. The van der Waals surface area contributed by atoms with Gasteiger partial charge in [0.2, 0.25) is 0 Å². The molecule has 0 aliphatic carbocycles. The molecule has 0 N–H and O–H groups in total. The molecule has 0 aliphatic heterocycles. The molecule has 0 heterocycles. The van der Waals surface area contributed by atoms with E-state index in [-0.39, 0.29) is 0 Å². The fourth-order valence-corrected chi connectivity index (χ4v) is 2.70. The lowest BCUT2D eigenvalue weighted by Gasteiger charge is -2.17. The first kappa shape index (κ1) is 15.4. The van der Waals surface area contributed by atoms with Crippen molar-refractivity contribution >= 4 is 27.5 Å². The first-order valence-corrected chi connectivity index (χ1v) is 8.26. The van der Waals surface area contributed by atoms with Gasteiger partial charge in [-0.25, -0.2) is 0 Å². The van der Waals surface area contributed by atoms with E-state index in [1.54, 1.807) is 0 Å². The Morgan fingerprint density at radius 1 is 1.15 bits per heavy atom. The second-order valence-corrected chi connectivity index (χ2v) is 5.83. The highest BCUT2D eigenvalue weighted by atomic mass is 79.9. The summed E-state index contributed by atoms with van der Waals surface area (Å²) in [7, 11) is 0. The molecule has 0 fully saturated rings. The average Bonchev–Trinajstić information content (AvgIpc) is 2.48. The molecule has 2 rings (SSSR count). The molecule has 0 saturated carbocycles. The highest BCUT2D eigenvalue weighted by Gasteiger charge is 2.12. The summed E-state index contributed by atoms with van der Waals surface area (Å²) in [4.78, 5) is 0. The van der Waals surface area contributed by atoms with Gasteiger partial charge in [-0.3, -0.25) is 0 Å². The van der Waals surface area contributed by atoms with Crippen molar-refractivity contribution in [3.05, 3.63) is 58.6 Å². The first-order valence-electron chi connectivity index (χ1n) is 6.76. The second kappa shape index (κ2) is 7.14. The van der Waals surface area contributed by atoms with E-state index in [1.807, 2.05) is 30.3 Å². The third-order valence-electron chi connectivity index (χ3n) is 3.45. The molecule has 0 aliphatic rings. The minimum absolute atomic E-state index is 0.478. The number of hydrogen-bond donors (Lipinski definition) is 0. The Labute approximate surface area is 134 Å². The van der Waals surface area contributed by atoms with Crippen molar-refractivity contribution in [3.8, 4) is 11.5 Å². The smallest absolute Gasteiger partial charge is 0.131 e. The van der Waals surface area contributed by atoms with Crippen LogP contribution in [0.25, 0.3) is 0 Å². The normalized spacial score (nSPS) is 12.2. The van der Waals surface area contributed by atoms with Gasteiger partial charge in [-0.15, -0.1) is 0 Å². The van der Waals surface area contributed by atoms with E-state index in [2.05, 4.69) is 41.9 Å². The molecule has 0 aromatic heterocycles. The molecule has 2 aromatic carbocycles. The van der Waals surface area contributed by atoms with E-state index in [4.69, 9.17) is 16.3 Å². The standard InChI is InChI=1S/C17H18BrClO/c1-3-12(2)15-6-4-5-7-17(15)20-16-9-8-14(19)10-13(16)11-18/h4-10,12H,3,11H2,1-2H3. The van der Waals surface area contributed by atoms with Crippen molar-refractivity contribution < 1.29 is 4.74 Å². The molecule has 20 heavy (non-hydrogen) atoms. The number of rotatable bonds is 5. The summed E-state index contributed by atoms with van der Waals surface area (Å²) in [6.07, 6.45) is 1.09. The van der Waals surface area contributed by atoms with E-state index in [9.17, 15) is 0 Å². The number of hydrogen-bond acceptors (Lipinski definition) is 1. The fourth-order valence-electron chi connectivity index (χ4n) is 2.07. The van der Waals surface area contributed by atoms with Crippen molar-refractivity contribution in [2.75, 3.05) is 0 Å². The topological polar surface area (TPSA) is 9.23 Å². The van der Waals surface area contributed by atoms with Gasteiger partial charge in [0.05, 0.1) is 0 Å². The quantitative estimate of drug-likeness (QED) is 0.554. The molecule has 1 unspecified atom stereocenters. The monoisotopic (exact) mass is 352 g/mol. The predicted octanol–water partition coefficient (Wildman–Crippen LogP) is 6.54. The van der Waals surface area contributed by atoms with E-state index >= 15 is 0 Å². The van der Waals surface area contributed by atoms with E-state index in [0.717, 1.165) is 28.5 Å². The predicted molar refractivity (Wildman–Crippen MR) is 89.3 cm³/mol. The lowest BCUT2D eigenvalue weighted by atomic mass is 9.98. The Balaban J connectivity index is 2.35. The summed E-state index contributed by atoms with van der Waals surface area (Å²) in [5.74, 6) is 2.25. The number of benzene rings is 2. The SMILES string of the molecule is CCC(C)c1ccccc1Oc1ccc(Cl)cc1CBr. The molecule has 2 aromatic rings. The van der Waals surface area contributed by atoms with Crippen molar-refractivity contribution in [2.24, 2.45) is 0 Å². The highest BCUT2D eigenvalue weighted by Crippen LogP contribution is 2.34. The molecular formula is C17H18BrClO. The molecule has 0 bridgehead atoms. The van der Waals surface area contributed by atoms with Gasteiger partial charge < -0.3 is 4.74 Å². The maximum absolute atomic E-state index is 6.12. The van der Waals surface area contributed by atoms with Gasteiger partial charge in [0.25, 0.3) is 0 Å². The molecule has 0 spiro atoms. The number of ether oxygens (including phenoxy) is 1. The summed E-state index contributed by atoms with van der Waals surface area (Å²) >= 11 is 9.50. The van der Waals surface area contributed by atoms with E-state index < -0.39 is 0 Å². The summed E-state index contributed by atoms with van der Waals surface area (Å²) in [6.45, 7) is 4.41. The Morgan fingerprint density at radius 2 is 1.90 bits per heavy atom. The van der Waals surface area contributed by atoms with Crippen LogP contribution in [-0.2, 0) is 5.33 Å². The van der Waals surface area contributed by atoms with Gasteiger partial charge in [0.15, 0.2) is 0 Å². The zero-order valence-electron chi connectivity index (χ0n) is 11.7. The third-order valence-corrected chi connectivity index (χ3v) is 4.29. The zero-order valence-corrected chi connectivity index (χ0v) is 14.0. The summed E-state index contributed by atoms with van der Waals surface area (Å²) in [6, 6.07) is 13.9. The lowest BCUT2D eigenvalue weighted by Crippen LogP contribution is -1.97. The number of para-hydroxylation sites is 1. The molecule has 106 valence electrons. The Morgan fingerprint density at radius 3 is 2.60 bits per heavy atom. The second-order valence-electron chi connectivity index (χ2n) is 4.83. The minimum atomic E-state index is 0.478. The van der Waals surface area contributed by atoms with Crippen LogP contribution in [0.5, 0.6) is 11.5 Å². The highest BCUT2D eigenvalue weighted by molar-refractivity contribution is 9.08. The van der Waals surface area contributed by atoms with Crippen LogP contribution >= 0.6 is 27.5 Å². The first-order chi connectivity index (χ1) is 9.65. The van der Waals surface area contributed by atoms with Crippen LogP contribution in [0.1, 0.15) is 37.3 Å². The van der Waals surface area contributed by atoms with Crippen LogP contribution in [0, 0.1) is 0 Å². The lowest BCUT2D eigenvalue weighted by molar-refractivity contribution is 0.466. The van der Waals surface area contributed by atoms with Gasteiger partial charge in [-0.2, -0.15) is 0 Å². The molecule has 1 nitrogen and oxygen atoms in total. The third kappa shape index (κ3) is 3.56. The fraction of sp³-hybridized carbons (Fsp3) is 0.294. The number of halogens is 2. The van der Waals surface area contributed by atoms with Gasteiger partial charge in [-0.05, 0) is 42.2 Å². The molecule has 0 radical (unpaired) electrons. The van der Waals surface area contributed by atoms with E-state index in [1.165, 1.54) is 5.56 Å². The zero-order chi connectivity index (χ0) is 14.5. The van der Waals surface area contributed by atoms with Crippen LogP contribution < -0.4 is 4.74 Å². The molecule has 3 heteroatoms. The van der Waals surface area contributed by atoms with Gasteiger partial charge in [-0.1, -0.05) is 59.6 Å². The van der Waals surface area contributed by atoms with Crippen LogP contribution in [0.4, 0.5) is 0 Å². The van der Waals surface area contributed by atoms with Crippen LogP contribution in [-0.4, -0.2) is 0 Å². The molecule has 0 saturated heterocycles. The number of alkyl halides is 1. The summed E-state index contributed by atoms with van der Waals surface area (Å²) < 4.78 is 6.12. The van der Waals surface area contributed by atoms with E-state index in [0.29, 0.717) is 11.2 Å². The van der Waals surface area contributed by atoms with Crippen molar-refractivity contribution in [1.82, 2.24) is 0 Å². The van der Waals surface area contributed by atoms with Crippen LogP contribution in [0.3, 0.4) is 0 Å². The Hall–Kier alpha value is -0.990. The van der Waals surface area contributed by atoms with Crippen LogP contribution in [0.15, 0.2) is 42.5 Å². The van der Waals surface area contributed by atoms with Gasteiger partial charge in [0, 0.05) is 15.9 Å². The average molecular weight is 354 g/mol. The molecule has 0 amide bonds. The summed E-state index contributed by atoms with van der Waals surface area (Å²) in [5.41, 5.74) is 2.29. The van der Waals surface area contributed by atoms with Crippen LogP contribution in [0.2, 0.25) is 5.02 Å². The minimum Gasteiger partial charge on any atom is -0.457 e. The largest absolute Gasteiger partial charge is 0.457 e. The van der Waals surface area contributed by atoms with Gasteiger partial charge >= 0.3 is 0 Å². The maximum atomic E-state index is 6.12. The van der Waals surface area contributed by atoms with Crippen molar-refractivity contribution in [3.63, 3.8) is 0 Å². The van der Waals surface area contributed by atoms with Gasteiger partial charge in [0.1, 0.15) is 11.5 Å². The van der Waals surface area contributed by atoms with Crippen molar-refractivity contribution in [1.29, 1.82) is 0 Å². The Kier molecular flexibility index (Phi) is 5.50. The maximum Gasteiger partial charge on any atom is 0.131 e. The Bertz CT molecular complexity index is 583.